The predicted octanol–water partition coefficient (Wildman–Crippen LogP) is 3.02. The first kappa shape index (κ1) is 17.5. The van der Waals surface area contributed by atoms with Gasteiger partial charge in [-0.25, -0.2) is 0 Å². The van der Waals surface area contributed by atoms with Crippen LogP contribution in [0.25, 0.3) is 0 Å². The molecule has 2 aromatic rings. The zero-order valence-corrected chi connectivity index (χ0v) is 14.7. The van der Waals surface area contributed by atoms with Crippen LogP contribution in [0.2, 0.25) is 0 Å². The number of anilines is 1. The quantitative estimate of drug-likeness (QED) is 0.909. The Morgan fingerprint density at radius 2 is 1.88 bits per heavy atom. The van der Waals surface area contributed by atoms with E-state index in [-0.39, 0.29) is 11.9 Å². The number of aryl methyl sites for hydroxylation is 1. The summed E-state index contributed by atoms with van der Waals surface area (Å²) in [4.78, 5) is 15.3. The summed E-state index contributed by atoms with van der Waals surface area (Å²) in [5.41, 5.74) is 2.74. The largest absolute Gasteiger partial charge is 0.495 e. The van der Waals surface area contributed by atoms with Crippen molar-refractivity contribution in [2.75, 3.05) is 38.7 Å². The Bertz CT molecular complexity index is 712. The maximum Gasteiger partial charge on any atom is 0.246 e. The van der Waals surface area contributed by atoms with Crippen LogP contribution in [0.3, 0.4) is 0 Å². The number of hydrogen-bond donors (Lipinski definition) is 1. The highest BCUT2D eigenvalue weighted by Crippen LogP contribution is 2.29. The molecule has 0 saturated carbocycles. The second kappa shape index (κ2) is 8.14. The van der Waals surface area contributed by atoms with E-state index in [0.29, 0.717) is 24.7 Å². The third kappa shape index (κ3) is 4.18. The average molecular weight is 340 g/mol. The zero-order valence-electron chi connectivity index (χ0n) is 14.7. The molecule has 1 saturated heterocycles. The Hall–Kier alpha value is -2.37. The van der Waals surface area contributed by atoms with Gasteiger partial charge in [0.05, 0.1) is 26.0 Å². The number of carbonyl (C=O) groups is 1. The van der Waals surface area contributed by atoms with E-state index in [1.54, 1.807) is 7.11 Å². The first-order valence-electron chi connectivity index (χ1n) is 8.51. The molecule has 0 unspecified atom stereocenters. The Morgan fingerprint density at radius 1 is 1.16 bits per heavy atom. The van der Waals surface area contributed by atoms with E-state index in [2.05, 4.69) is 10.2 Å². The van der Waals surface area contributed by atoms with Gasteiger partial charge in [-0.1, -0.05) is 36.4 Å². The third-order valence-corrected chi connectivity index (χ3v) is 4.39. The van der Waals surface area contributed by atoms with Crippen LogP contribution in [0.1, 0.15) is 17.2 Å². The normalized spacial score (nSPS) is 16.2. The lowest BCUT2D eigenvalue weighted by molar-refractivity contribution is -0.123. The minimum Gasteiger partial charge on any atom is -0.495 e. The summed E-state index contributed by atoms with van der Waals surface area (Å²) in [6.45, 7) is 4.75. The second-order valence-electron chi connectivity index (χ2n) is 6.15. The molecule has 0 spiro atoms. The van der Waals surface area contributed by atoms with Gasteiger partial charge in [0.25, 0.3) is 0 Å². The van der Waals surface area contributed by atoms with Gasteiger partial charge in [0, 0.05) is 13.1 Å². The summed E-state index contributed by atoms with van der Waals surface area (Å²) >= 11 is 0. The zero-order chi connectivity index (χ0) is 17.6. The standard InChI is InChI=1S/C20H24N2O3/c1-15-8-9-18(24-2)17(14-15)21-20(23)19(16-6-4-3-5-7-16)22-10-12-25-13-11-22/h3-9,14,19H,10-13H2,1-2H3,(H,21,23)/t19-/m1/s1. The number of hydrogen-bond acceptors (Lipinski definition) is 4. The number of ether oxygens (including phenoxy) is 2. The summed E-state index contributed by atoms with van der Waals surface area (Å²) in [7, 11) is 1.61. The van der Waals surface area contributed by atoms with Gasteiger partial charge in [-0.15, -0.1) is 0 Å². The minimum absolute atomic E-state index is 0.0583. The van der Waals surface area contributed by atoms with Gasteiger partial charge in [0.15, 0.2) is 0 Å². The van der Waals surface area contributed by atoms with Crippen molar-refractivity contribution in [1.82, 2.24) is 4.90 Å². The van der Waals surface area contributed by atoms with Crippen LogP contribution < -0.4 is 10.1 Å². The summed E-state index contributed by atoms with van der Waals surface area (Å²) in [6, 6.07) is 15.3. The molecule has 1 aliphatic heterocycles. The molecular formula is C20H24N2O3. The molecule has 0 radical (unpaired) electrons. The smallest absolute Gasteiger partial charge is 0.246 e. The Morgan fingerprint density at radius 3 is 2.56 bits per heavy atom. The number of morpholine rings is 1. The number of methoxy groups -OCH3 is 1. The van der Waals surface area contributed by atoms with Gasteiger partial charge in [0.1, 0.15) is 11.8 Å². The molecule has 0 aliphatic carbocycles. The van der Waals surface area contributed by atoms with Crippen LogP contribution in [0.5, 0.6) is 5.75 Å². The maximum atomic E-state index is 13.1. The minimum atomic E-state index is -0.352. The first-order chi connectivity index (χ1) is 12.2. The molecule has 25 heavy (non-hydrogen) atoms. The van der Waals surface area contributed by atoms with Crippen LogP contribution in [-0.4, -0.2) is 44.2 Å². The summed E-state index contributed by atoms with van der Waals surface area (Å²) in [5.74, 6) is 0.602. The molecule has 1 heterocycles. The van der Waals surface area contributed by atoms with E-state index >= 15 is 0 Å². The monoisotopic (exact) mass is 340 g/mol. The van der Waals surface area contributed by atoms with Gasteiger partial charge in [-0.2, -0.15) is 0 Å². The molecule has 1 aliphatic rings. The maximum absolute atomic E-state index is 13.1. The fraction of sp³-hybridized carbons (Fsp3) is 0.350. The SMILES string of the molecule is COc1ccc(C)cc1NC(=O)[C@@H](c1ccccc1)N1CCOCC1. The van der Waals surface area contributed by atoms with E-state index in [9.17, 15) is 4.79 Å². The van der Waals surface area contributed by atoms with Crippen molar-refractivity contribution in [1.29, 1.82) is 0 Å². The molecule has 132 valence electrons. The van der Waals surface area contributed by atoms with Crippen LogP contribution >= 0.6 is 0 Å². The molecule has 0 aromatic heterocycles. The topological polar surface area (TPSA) is 50.8 Å². The van der Waals surface area contributed by atoms with Crippen molar-refractivity contribution in [3.05, 3.63) is 59.7 Å². The van der Waals surface area contributed by atoms with Crippen molar-refractivity contribution in [2.45, 2.75) is 13.0 Å². The summed E-state index contributed by atoms with van der Waals surface area (Å²) < 4.78 is 10.8. The lowest BCUT2D eigenvalue weighted by Crippen LogP contribution is -2.43. The van der Waals surface area contributed by atoms with E-state index in [4.69, 9.17) is 9.47 Å². The van der Waals surface area contributed by atoms with Crippen molar-refractivity contribution in [3.8, 4) is 5.75 Å². The Balaban J connectivity index is 1.88. The Kier molecular flexibility index (Phi) is 5.68. The van der Waals surface area contributed by atoms with Crippen molar-refractivity contribution >= 4 is 11.6 Å². The fourth-order valence-corrected chi connectivity index (χ4v) is 3.12. The number of rotatable bonds is 5. The lowest BCUT2D eigenvalue weighted by Gasteiger charge is -2.33. The first-order valence-corrected chi connectivity index (χ1v) is 8.51. The molecule has 5 nitrogen and oxygen atoms in total. The highest BCUT2D eigenvalue weighted by Gasteiger charge is 2.29. The van der Waals surface area contributed by atoms with E-state index in [0.717, 1.165) is 24.2 Å². The number of benzene rings is 2. The van der Waals surface area contributed by atoms with E-state index < -0.39 is 0 Å². The highest BCUT2D eigenvalue weighted by atomic mass is 16.5. The van der Waals surface area contributed by atoms with Crippen molar-refractivity contribution in [3.63, 3.8) is 0 Å². The average Bonchev–Trinajstić information content (AvgIpc) is 2.64. The van der Waals surface area contributed by atoms with Gasteiger partial charge >= 0.3 is 0 Å². The summed E-state index contributed by atoms with van der Waals surface area (Å²) in [6.07, 6.45) is 0. The van der Waals surface area contributed by atoms with E-state index in [1.165, 1.54) is 0 Å². The van der Waals surface area contributed by atoms with Crippen LogP contribution in [0, 0.1) is 6.92 Å². The second-order valence-corrected chi connectivity index (χ2v) is 6.15. The van der Waals surface area contributed by atoms with Gasteiger partial charge < -0.3 is 14.8 Å². The number of carbonyl (C=O) groups excluding carboxylic acids is 1. The molecule has 5 heteroatoms. The van der Waals surface area contributed by atoms with E-state index in [1.807, 2.05) is 55.5 Å². The molecule has 2 aromatic carbocycles. The number of nitrogens with zero attached hydrogens (tertiary/aromatic N) is 1. The van der Waals surface area contributed by atoms with Gasteiger partial charge in [0.2, 0.25) is 5.91 Å². The number of amides is 1. The molecule has 0 bridgehead atoms. The molecular weight excluding hydrogens is 316 g/mol. The van der Waals surface area contributed by atoms with Crippen molar-refractivity contribution < 1.29 is 14.3 Å². The third-order valence-electron chi connectivity index (χ3n) is 4.39. The molecule has 3 rings (SSSR count). The molecule has 1 fully saturated rings. The number of nitrogens with one attached hydrogen (secondary N) is 1. The van der Waals surface area contributed by atoms with Crippen LogP contribution in [0.4, 0.5) is 5.69 Å². The van der Waals surface area contributed by atoms with Gasteiger partial charge in [-0.3, -0.25) is 9.69 Å². The summed E-state index contributed by atoms with van der Waals surface area (Å²) in [5, 5.41) is 3.05. The lowest BCUT2D eigenvalue weighted by atomic mass is 10.0. The van der Waals surface area contributed by atoms with Crippen LogP contribution in [-0.2, 0) is 9.53 Å². The predicted molar refractivity (Wildman–Crippen MR) is 97.9 cm³/mol. The molecule has 1 N–H and O–H groups in total. The van der Waals surface area contributed by atoms with Crippen molar-refractivity contribution in [2.24, 2.45) is 0 Å². The van der Waals surface area contributed by atoms with Crippen LogP contribution in [0.15, 0.2) is 48.5 Å². The highest BCUT2D eigenvalue weighted by molar-refractivity contribution is 5.96. The Labute approximate surface area is 148 Å². The molecule has 1 atom stereocenters. The van der Waals surface area contributed by atoms with Gasteiger partial charge in [-0.05, 0) is 30.2 Å². The molecule has 1 amide bonds. The fourth-order valence-electron chi connectivity index (χ4n) is 3.12.